The molecular formula is C13H14N4O4S3. The molecule has 0 unspecified atom stereocenters. The number of thioether (sulfide) groups is 1. The SMILES string of the molecule is CSc1nnc(NC(=O)[C@@H]2CN(S(C)(=O)=O)c3ccccc3O2)s1. The number of sulfonamides is 1. The van der Waals surface area contributed by atoms with E-state index in [1.165, 1.54) is 27.4 Å². The summed E-state index contributed by atoms with van der Waals surface area (Å²) < 4.78 is 31.6. The lowest BCUT2D eigenvalue weighted by Gasteiger charge is -2.33. The third-order valence-corrected chi connectivity index (χ3v) is 6.20. The quantitative estimate of drug-likeness (QED) is 0.626. The number of carbonyl (C=O) groups excluding carboxylic acids is 1. The van der Waals surface area contributed by atoms with Crippen molar-refractivity contribution >= 4 is 49.8 Å². The number of para-hydroxylation sites is 2. The van der Waals surface area contributed by atoms with Gasteiger partial charge < -0.3 is 4.74 Å². The summed E-state index contributed by atoms with van der Waals surface area (Å²) in [4.78, 5) is 12.4. The highest BCUT2D eigenvalue weighted by atomic mass is 32.2. The standard InChI is InChI=1S/C13H14N4O4S3/c1-22-13-16-15-12(23-13)14-11(18)10-7-17(24(2,19)20)8-5-3-4-6-9(8)21-10/h3-6,10H,7H2,1-2H3,(H,14,15,18)/t10-/m0/s1. The number of nitrogens with one attached hydrogen (secondary N) is 1. The van der Waals surface area contributed by atoms with Crippen molar-refractivity contribution in [2.24, 2.45) is 0 Å². The van der Waals surface area contributed by atoms with Crippen LogP contribution in [0, 0.1) is 0 Å². The number of ether oxygens (including phenoxy) is 1. The normalized spacial score (nSPS) is 17.1. The van der Waals surface area contributed by atoms with E-state index in [-0.39, 0.29) is 6.54 Å². The number of amides is 1. The molecule has 0 bridgehead atoms. The van der Waals surface area contributed by atoms with Gasteiger partial charge in [0.25, 0.3) is 5.91 Å². The van der Waals surface area contributed by atoms with Gasteiger partial charge in [0, 0.05) is 0 Å². The van der Waals surface area contributed by atoms with Crippen LogP contribution in [0.4, 0.5) is 10.8 Å². The summed E-state index contributed by atoms with van der Waals surface area (Å²) in [6.45, 7) is -0.101. The van der Waals surface area contributed by atoms with Crippen LogP contribution in [-0.4, -0.2) is 49.7 Å². The zero-order valence-electron chi connectivity index (χ0n) is 12.8. The molecule has 1 aromatic carbocycles. The van der Waals surface area contributed by atoms with Gasteiger partial charge in [-0.15, -0.1) is 10.2 Å². The highest BCUT2D eigenvalue weighted by Crippen LogP contribution is 2.35. The summed E-state index contributed by atoms with van der Waals surface area (Å²) in [5, 5.41) is 10.7. The maximum Gasteiger partial charge on any atom is 0.269 e. The molecule has 1 N–H and O–H groups in total. The second-order valence-electron chi connectivity index (χ2n) is 4.93. The molecule has 0 saturated carbocycles. The highest BCUT2D eigenvalue weighted by molar-refractivity contribution is 8.00. The number of benzene rings is 1. The van der Waals surface area contributed by atoms with Gasteiger partial charge >= 0.3 is 0 Å². The number of anilines is 2. The van der Waals surface area contributed by atoms with E-state index in [4.69, 9.17) is 4.74 Å². The summed E-state index contributed by atoms with van der Waals surface area (Å²) in [6, 6.07) is 6.70. The third kappa shape index (κ3) is 3.47. The molecule has 2 aromatic rings. The van der Waals surface area contributed by atoms with Gasteiger partial charge in [-0.1, -0.05) is 35.2 Å². The van der Waals surface area contributed by atoms with E-state index in [9.17, 15) is 13.2 Å². The Morgan fingerprint density at radius 1 is 1.42 bits per heavy atom. The summed E-state index contributed by atoms with van der Waals surface area (Å²) in [6.07, 6.45) is 1.98. The van der Waals surface area contributed by atoms with Crippen LogP contribution >= 0.6 is 23.1 Å². The van der Waals surface area contributed by atoms with Crippen molar-refractivity contribution in [2.45, 2.75) is 10.4 Å². The van der Waals surface area contributed by atoms with E-state index in [0.717, 1.165) is 10.6 Å². The van der Waals surface area contributed by atoms with Crippen LogP contribution in [0.3, 0.4) is 0 Å². The van der Waals surface area contributed by atoms with Crippen molar-refractivity contribution < 1.29 is 17.9 Å². The first kappa shape index (κ1) is 17.0. The van der Waals surface area contributed by atoms with E-state index in [1.54, 1.807) is 24.3 Å². The number of hydrogen-bond donors (Lipinski definition) is 1. The summed E-state index contributed by atoms with van der Waals surface area (Å²) in [5.74, 6) is -0.127. The first-order valence-electron chi connectivity index (χ1n) is 6.80. The fourth-order valence-corrected chi connectivity index (χ4v) is 4.27. The van der Waals surface area contributed by atoms with Gasteiger partial charge in [0.15, 0.2) is 10.4 Å². The number of fused-ring (bicyclic) bond motifs is 1. The van der Waals surface area contributed by atoms with Crippen LogP contribution in [0.25, 0.3) is 0 Å². The Morgan fingerprint density at radius 3 is 2.83 bits per heavy atom. The van der Waals surface area contributed by atoms with Gasteiger partial charge in [0.2, 0.25) is 15.2 Å². The minimum Gasteiger partial charge on any atom is -0.476 e. The lowest BCUT2D eigenvalue weighted by molar-refractivity contribution is -0.122. The third-order valence-electron chi connectivity index (χ3n) is 3.24. The Bertz CT molecular complexity index is 868. The fraction of sp³-hybridized carbons (Fsp3) is 0.308. The second kappa shape index (κ2) is 6.57. The molecule has 3 rings (SSSR count). The van der Waals surface area contributed by atoms with E-state index in [0.29, 0.717) is 16.6 Å². The monoisotopic (exact) mass is 386 g/mol. The number of nitrogens with zero attached hydrogens (tertiary/aromatic N) is 3. The van der Waals surface area contributed by atoms with Gasteiger partial charge in [0.1, 0.15) is 5.75 Å². The first-order chi connectivity index (χ1) is 11.4. The predicted octanol–water partition coefficient (Wildman–Crippen LogP) is 1.43. The number of aromatic nitrogens is 2. The topological polar surface area (TPSA) is 101 Å². The molecule has 24 heavy (non-hydrogen) atoms. The van der Waals surface area contributed by atoms with Crippen LogP contribution in [-0.2, 0) is 14.8 Å². The Hall–Kier alpha value is -1.85. The molecule has 8 nitrogen and oxygen atoms in total. The Balaban J connectivity index is 1.83. The first-order valence-corrected chi connectivity index (χ1v) is 10.7. The van der Waals surface area contributed by atoms with E-state index in [2.05, 4.69) is 15.5 Å². The van der Waals surface area contributed by atoms with Gasteiger partial charge in [-0.3, -0.25) is 14.4 Å². The van der Waals surface area contributed by atoms with Gasteiger partial charge in [-0.25, -0.2) is 8.42 Å². The molecule has 2 heterocycles. The molecule has 128 valence electrons. The van der Waals surface area contributed by atoms with Gasteiger partial charge in [0.05, 0.1) is 18.5 Å². The van der Waals surface area contributed by atoms with Crippen LogP contribution < -0.4 is 14.4 Å². The number of hydrogen-bond acceptors (Lipinski definition) is 8. The largest absolute Gasteiger partial charge is 0.476 e. The Morgan fingerprint density at radius 2 is 2.17 bits per heavy atom. The fourth-order valence-electron chi connectivity index (χ4n) is 2.18. The molecule has 11 heteroatoms. The van der Waals surface area contributed by atoms with Crippen molar-refractivity contribution in [3.8, 4) is 5.75 Å². The summed E-state index contributed by atoms with van der Waals surface area (Å²) >= 11 is 2.66. The number of rotatable bonds is 4. The zero-order chi connectivity index (χ0) is 17.3. The average molecular weight is 386 g/mol. The van der Waals surface area contributed by atoms with E-state index >= 15 is 0 Å². The van der Waals surface area contributed by atoms with Crippen molar-refractivity contribution in [3.63, 3.8) is 0 Å². The number of carbonyl (C=O) groups is 1. The average Bonchev–Trinajstić information content (AvgIpc) is 3.00. The smallest absolute Gasteiger partial charge is 0.269 e. The van der Waals surface area contributed by atoms with Crippen LogP contribution in [0.5, 0.6) is 5.75 Å². The molecular weight excluding hydrogens is 372 g/mol. The Kier molecular flexibility index (Phi) is 4.65. The van der Waals surface area contributed by atoms with Crippen LogP contribution in [0.15, 0.2) is 28.6 Å². The molecule has 1 aromatic heterocycles. The molecule has 0 radical (unpaired) electrons. The minimum absolute atomic E-state index is 0.101. The lowest BCUT2D eigenvalue weighted by atomic mass is 10.2. The molecule has 1 amide bonds. The molecule has 0 saturated heterocycles. The van der Waals surface area contributed by atoms with Crippen molar-refractivity contribution in [1.82, 2.24) is 10.2 Å². The maximum absolute atomic E-state index is 12.4. The second-order valence-corrected chi connectivity index (χ2v) is 8.87. The van der Waals surface area contributed by atoms with Crippen LogP contribution in [0.2, 0.25) is 0 Å². The summed E-state index contributed by atoms with van der Waals surface area (Å²) in [5.41, 5.74) is 0.421. The molecule has 1 atom stereocenters. The van der Waals surface area contributed by atoms with Crippen molar-refractivity contribution in [1.29, 1.82) is 0 Å². The molecule has 0 aliphatic carbocycles. The van der Waals surface area contributed by atoms with Crippen molar-refractivity contribution in [2.75, 3.05) is 28.7 Å². The molecule has 1 aliphatic heterocycles. The van der Waals surface area contributed by atoms with E-state index < -0.39 is 22.0 Å². The predicted molar refractivity (Wildman–Crippen MR) is 93.4 cm³/mol. The van der Waals surface area contributed by atoms with Gasteiger partial charge in [-0.05, 0) is 18.4 Å². The molecule has 0 fully saturated rings. The minimum atomic E-state index is -3.53. The highest BCUT2D eigenvalue weighted by Gasteiger charge is 2.35. The molecule has 0 spiro atoms. The molecule has 1 aliphatic rings. The van der Waals surface area contributed by atoms with Crippen molar-refractivity contribution in [3.05, 3.63) is 24.3 Å². The zero-order valence-corrected chi connectivity index (χ0v) is 15.2. The van der Waals surface area contributed by atoms with Gasteiger partial charge in [-0.2, -0.15) is 0 Å². The van der Waals surface area contributed by atoms with E-state index in [1.807, 2.05) is 6.26 Å². The Labute approximate surface area is 147 Å². The summed E-state index contributed by atoms with van der Waals surface area (Å²) in [7, 11) is -3.53. The van der Waals surface area contributed by atoms with Crippen LogP contribution in [0.1, 0.15) is 0 Å². The lowest BCUT2D eigenvalue weighted by Crippen LogP contribution is -2.48. The maximum atomic E-state index is 12.4.